The summed E-state index contributed by atoms with van der Waals surface area (Å²) in [4.78, 5) is 26.6. The number of piperazine rings is 1. The molecule has 2 aromatic carbocycles. The number of hydrogen-bond acceptors (Lipinski definition) is 6. The van der Waals surface area contributed by atoms with E-state index in [0.717, 1.165) is 35.8 Å². The number of amides is 2. The van der Waals surface area contributed by atoms with Crippen LogP contribution < -0.4 is 14.8 Å². The van der Waals surface area contributed by atoms with Crippen LogP contribution >= 0.6 is 0 Å². The van der Waals surface area contributed by atoms with E-state index in [9.17, 15) is 4.79 Å². The molecule has 9 heteroatoms. The third kappa shape index (κ3) is 4.83. The second kappa shape index (κ2) is 10.2. The molecular formula is C27H30N6O3. The van der Waals surface area contributed by atoms with Gasteiger partial charge in [-0.3, -0.25) is 9.47 Å². The maximum Gasteiger partial charge on any atom is 0.322 e. The van der Waals surface area contributed by atoms with Crippen LogP contribution in [0.25, 0.3) is 16.9 Å². The molecule has 0 aliphatic carbocycles. The van der Waals surface area contributed by atoms with Crippen LogP contribution in [0.3, 0.4) is 0 Å². The minimum absolute atomic E-state index is 0.144. The number of pyridine rings is 1. The third-order valence-corrected chi connectivity index (χ3v) is 6.45. The molecule has 5 rings (SSSR count). The van der Waals surface area contributed by atoms with Gasteiger partial charge in [0, 0.05) is 44.1 Å². The molecule has 1 aliphatic heterocycles. The molecule has 1 aliphatic rings. The van der Waals surface area contributed by atoms with E-state index in [4.69, 9.17) is 14.5 Å². The van der Waals surface area contributed by atoms with Gasteiger partial charge in [-0.15, -0.1) is 0 Å². The number of methoxy groups -OCH3 is 2. The number of carbonyl (C=O) groups excluding carboxylic acids is 1. The molecule has 1 N–H and O–H groups in total. The number of aromatic nitrogens is 3. The molecule has 0 saturated carbocycles. The van der Waals surface area contributed by atoms with Gasteiger partial charge < -0.3 is 19.7 Å². The predicted molar refractivity (Wildman–Crippen MR) is 139 cm³/mol. The molecule has 4 aromatic rings. The minimum Gasteiger partial charge on any atom is -0.497 e. The van der Waals surface area contributed by atoms with Gasteiger partial charge in [0.05, 0.1) is 26.5 Å². The molecule has 36 heavy (non-hydrogen) atoms. The van der Waals surface area contributed by atoms with Crippen molar-refractivity contribution in [2.45, 2.75) is 13.5 Å². The van der Waals surface area contributed by atoms with Gasteiger partial charge in [-0.1, -0.05) is 17.7 Å². The van der Waals surface area contributed by atoms with Crippen LogP contribution in [0, 0.1) is 6.92 Å². The molecule has 0 spiro atoms. The number of hydrogen-bond donors (Lipinski definition) is 1. The van der Waals surface area contributed by atoms with Crippen molar-refractivity contribution in [3.8, 4) is 17.2 Å². The van der Waals surface area contributed by atoms with Crippen LogP contribution in [0.15, 0.2) is 60.8 Å². The molecule has 0 atom stereocenters. The number of imidazole rings is 1. The maximum atomic E-state index is 12.9. The second-order valence-electron chi connectivity index (χ2n) is 8.80. The molecule has 1 fully saturated rings. The number of ether oxygens (including phenoxy) is 2. The fourth-order valence-corrected chi connectivity index (χ4v) is 4.44. The third-order valence-electron chi connectivity index (χ3n) is 6.45. The molecule has 186 valence electrons. The molecule has 0 unspecified atom stereocenters. The normalized spacial score (nSPS) is 14.1. The van der Waals surface area contributed by atoms with Gasteiger partial charge in [-0.25, -0.2) is 14.8 Å². The number of rotatable bonds is 6. The van der Waals surface area contributed by atoms with Crippen molar-refractivity contribution in [1.82, 2.24) is 24.3 Å². The second-order valence-corrected chi connectivity index (χ2v) is 8.80. The highest BCUT2D eigenvalue weighted by molar-refractivity contribution is 5.91. The SMILES string of the molecule is COc1ccc(NC(=O)N2CCN(Cc3nc4cccnc4n3-c3ccc(C)cc3)CC2)c(OC)c1. The van der Waals surface area contributed by atoms with E-state index in [-0.39, 0.29) is 6.03 Å². The zero-order valence-corrected chi connectivity index (χ0v) is 20.8. The average Bonchev–Trinajstić information content (AvgIpc) is 3.27. The topological polar surface area (TPSA) is 84.8 Å². The number of nitrogens with zero attached hydrogens (tertiary/aromatic N) is 5. The monoisotopic (exact) mass is 486 g/mol. The Labute approximate surface area is 210 Å². The molecule has 9 nitrogen and oxygen atoms in total. The van der Waals surface area contributed by atoms with Gasteiger partial charge in [0.1, 0.15) is 22.8 Å². The van der Waals surface area contributed by atoms with Gasteiger partial charge >= 0.3 is 6.03 Å². The number of aryl methyl sites for hydroxylation is 1. The van der Waals surface area contributed by atoms with E-state index in [0.29, 0.717) is 36.8 Å². The van der Waals surface area contributed by atoms with Crippen LogP contribution in [0.4, 0.5) is 10.5 Å². The van der Waals surface area contributed by atoms with Crippen LogP contribution in [0.5, 0.6) is 11.5 Å². The lowest BCUT2D eigenvalue weighted by atomic mass is 10.2. The van der Waals surface area contributed by atoms with Crippen LogP contribution in [0.2, 0.25) is 0 Å². The highest BCUT2D eigenvalue weighted by Gasteiger charge is 2.24. The Kier molecular flexibility index (Phi) is 6.73. The number of benzene rings is 2. The fourth-order valence-electron chi connectivity index (χ4n) is 4.44. The Bertz CT molecular complexity index is 1360. The summed E-state index contributed by atoms with van der Waals surface area (Å²) in [6, 6.07) is 17.5. The predicted octanol–water partition coefficient (Wildman–Crippen LogP) is 4.10. The molecular weight excluding hydrogens is 456 g/mol. The molecule has 0 bridgehead atoms. The highest BCUT2D eigenvalue weighted by atomic mass is 16.5. The largest absolute Gasteiger partial charge is 0.497 e. The Morgan fingerprint density at radius 1 is 1.00 bits per heavy atom. The van der Waals surface area contributed by atoms with Crippen molar-refractivity contribution < 1.29 is 14.3 Å². The Balaban J connectivity index is 1.27. The van der Waals surface area contributed by atoms with E-state index in [1.165, 1.54) is 5.56 Å². The van der Waals surface area contributed by atoms with Crippen molar-refractivity contribution in [2.75, 3.05) is 45.7 Å². The first-order valence-electron chi connectivity index (χ1n) is 12.0. The van der Waals surface area contributed by atoms with Gasteiger partial charge in [-0.2, -0.15) is 0 Å². The quantitative estimate of drug-likeness (QED) is 0.442. The number of carbonyl (C=O) groups is 1. The van der Waals surface area contributed by atoms with Crippen molar-refractivity contribution >= 4 is 22.9 Å². The van der Waals surface area contributed by atoms with Crippen molar-refractivity contribution in [3.05, 3.63) is 72.2 Å². The highest BCUT2D eigenvalue weighted by Crippen LogP contribution is 2.29. The van der Waals surface area contributed by atoms with Gasteiger partial charge in [-0.05, 0) is 43.3 Å². The van der Waals surface area contributed by atoms with Crippen molar-refractivity contribution in [2.24, 2.45) is 0 Å². The summed E-state index contributed by atoms with van der Waals surface area (Å²) >= 11 is 0. The van der Waals surface area contributed by atoms with E-state index in [1.807, 2.05) is 17.0 Å². The first-order valence-corrected chi connectivity index (χ1v) is 12.0. The summed E-state index contributed by atoms with van der Waals surface area (Å²) < 4.78 is 12.8. The smallest absolute Gasteiger partial charge is 0.322 e. The molecule has 2 aromatic heterocycles. The maximum absolute atomic E-state index is 12.9. The number of anilines is 1. The van der Waals surface area contributed by atoms with E-state index < -0.39 is 0 Å². The molecule has 0 radical (unpaired) electrons. The van der Waals surface area contributed by atoms with E-state index in [1.54, 1.807) is 38.6 Å². The van der Waals surface area contributed by atoms with Crippen LogP contribution in [-0.4, -0.2) is 70.8 Å². The zero-order valence-electron chi connectivity index (χ0n) is 20.8. The van der Waals surface area contributed by atoms with Crippen molar-refractivity contribution in [1.29, 1.82) is 0 Å². The molecule has 3 heterocycles. The molecule has 1 saturated heterocycles. The summed E-state index contributed by atoms with van der Waals surface area (Å²) in [6.45, 7) is 5.48. The fraction of sp³-hybridized carbons (Fsp3) is 0.296. The van der Waals surface area contributed by atoms with Crippen molar-refractivity contribution in [3.63, 3.8) is 0 Å². The lowest BCUT2D eigenvalue weighted by Gasteiger charge is -2.34. The van der Waals surface area contributed by atoms with E-state index in [2.05, 4.69) is 51.0 Å². The Morgan fingerprint density at radius 2 is 1.78 bits per heavy atom. The standard InChI is InChI=1S/C27H30N6O3/c1-19-6-8-20(9-7-19)33-25(29-23-5-4-12-28-26(23)33)18-31-13-15-32(16-14-31)27(34)30-22-11-10-21(35-2)17-24(22)36-3/h4-12,17H,13-16,18H2,1-3H3,(H,30,34). The summed E-state index contributed by atoms with van der Waals surface area (Å²) in [5, 5.41) is 2.96. The molecule has 2 amide bonds. The van der Waals surface area contributed by atoms with Gasteiger partial charge in [0.15, 0.2) is 5.65 Å². The minimum atomic E-state index is -0.144. The lowest BCUT2D eigenvalue weighted by molar-refractivity contribution is 0.140. The summed E-state index contributed by atoms with van der Waals surface area (Å²) in [7, 11) is 3.17. The number of nitrogens with one attached hydrogen (secondary N) is 1. The summed E-state index contributed by atoms with van der Waals surface area (Å²) in [6.07, 6.45) is 1.80. The zero-order chi connectivity index (χ0) is 25.1. The van der Waals surface area contributed by atoms with Gasteiger partial charge in [0.2, 0.25) is 0 Å². The Morgan fingerprint density at radius 3 is 2.50 bits per heavy atom. The lowest BCUT2D eigenvalue weighted by Crippen LogP contribution is -2.49. The Hall–Kier alpha value is -4.11. The number of urea groups is 1. The average molecular weight is 487 g/mol. The first-order chi connectivity index (χ1) is 17.6. The first kappa shape index (κ1) is 23.6. The van der Waals surface area contributed by atoms with Crippen LogP contribution in [-0.2, 0) is 6.54 Å². The van der Waals surface area contributed by atoms with E-state index >= 15 is 0 Å². The summed E-state index contributed by atoms with van der Waals surface area (Å²) in [5.74, 6) is 2.17. The van der Waals surface area contributed by atoms with Crippen LogP contribution in [0.1, 0.15) is 11.4 Å². The van der Waals surface area contributed by atoms with Gasteiger partial charge in [0.25, 0.3) is 0 Å². The number of fused-ring (bicyclic) bond motifs is 1. The summed E-state index contributed by atoms with van der Waals surface area (Å²) in [5.41, 5.74) is 4.59.